The maximum absolute atomic E-state index is 4.20. The Labute approximate surface area is 89.7 Å². The van der Waals surface area contributed by atoms with E-state index in [0.717, 1.165) is 26.8 Å². The molecule has 0 unspecified atom stereocenters. The first-order valence-electron chi connectivity index (χ1n) is 3.03. The zero-order valence-corrected chi connectivity index (χ0v) is 10.4. The Balaban J connectivity index is 2.98. The van der Waals surface area contributed by atoms with Gasteiger partial charge >= 0.3 is 0 Å². The lowest BCUT2D eigenvalue weighted by Crippen LogP contribution is -2.52. The van der Waals surface area contributed by atoms with Crippen molar-refractivity contribution < 1.29 is 5.73 Å². The number of quaternary nitrogens is 1. The molecule has 1 aromatic rings. The molecule has 3 nitrogen and oxygen atoms in total. The molecule has 1 aromatic heterocycles. The summed E-state index contributed by atoms with van der Waals surface area (Å²) in [6, 6.07) is 0. The molecule has 0 spiro atoms. The predicted octanol–water partition coefficient (Wildman–Crippen LogP) is 1.41. The van der Waals surface area contributed by atoms with Gasteiger partial charge < -0.3 is 5.73 Å². The third-order valence-corrected chi connectivity index (χ3v) is 4.34. The van der Waals surface area contributed by atoms with Crippen molar-refractivity contribution >= 4 is 47.8 Å². The smallest absolute Gasteiger partial charge is 0.143 e. The molecular weight excluding hydrogens is 342 g/mol. The van der Waals surface area contributed by atoms with Crippen LogP contribution < -0.4 is 5.73 Å². The van der Waals surface area contributed by atoms with Gasteiger partial charge in [0.25, 0.3) is 0 Å². The maximum Gasteiger partial charge on any atom is 0.143 e. The van der Waals surface area contributed by atoms with Crippen molar-refractivity contribution in [3.63, 3.8) is 0 Å². The normalized spacial score (nSPS) is 10.5. The first kappa shape index (κ1) is 9.70. The molecule has 0 amide bonds. The van der Waals surface area contributed by atoms with Crippen LogP contribution in [0.2, 0.25) is 0 Å². The summed E-state index contributed by atoms with van der Waals surface area (Å²) >= 11 is 10.1. The fourth-order valence-electron chi connectivity index (χ4n) is 0.690. The van der Waals surface area contributed by atoms with Crippen LogP contribution >= 0.6 is 47.8 Å². The standard InChI is InChI=1S/C5H6Br3N3/c6-3-4(7)10-11(2-1-9)5(3)8/h1-2,9H2/p+1. The first-order valence-corrected chi connectivity index (χ1v) is 5.41. The number of aromatic nitrogens is 2. The molecule has 0 bridgehead atoms. The van der Waals surface area contributed by atoms with Gasteiger partial charge in [0.05, 0.1) is 17.6 Å². The Kier molecular flexibility index (Phi) is 3.54. The van der Waals surface area contributed by atoms with Gasteiger partial charge in [-0.1, -0.05) is 0 Å². The van der Waals surface area contributed by atoms with Crippen LogP contribution in [-0.4, -0.2) is 16.3 Å². The van der Waals surface area contributed by atoms with E-state index >= 15 is 0 Å². The highest BCUT2D eigenvalue weighted by Gasteiger charge is 2.10. The van der Waals surface area contributed by atoms with Gasteiger partial charge in [0.1, 0.15) is 9.21 Å². The van der Waals surface area contributed by atoms with Gasteiger partial charge in [-0.2, -0.15) is 5.10 Å². The summed E-state index contributed by atoms with van der Waals surface area (Å²) in [4.78, 5) is 0. The van der Waals surface area contributed by atoms with Crippen LogP contribution in [0.1, 0.15) is 0 Å². The predicted molar refractivity (Wildman–Crippen MR) is 53.1 cm³/mol. The molecule has 0 atom stereocenters. The third-order valence-electron chi connectivity index (χ3n) is 1.17. The second kappa shape index (κ2) is 4.02. The van der Waals surface area contributed by atoms with E-state index in [0.29, 0.717) is 0 Å². The number of rotatable bonds is 2. The Morgan fingerprint density at radius 3 is 2.36 bits per heavy atom. The van der Waals surface area contributed by atoms with E-state index in [4.69, 9.17) is 0 Å². The van der Waals surface area contributed by atoms with Crippen LogP contribution in [0.5, 0.6) is 0 Å². The van der Waals surface area contributed by atoms with Gasteiger partial charge in [-0.25, -0.2) is 0 Å². The van der Waals surface area contributed by atoms with Crippen molar-refractivity contribution in [3.8, 4) is 0 Å². The maximum atomic E-state index is 4.20. The second-order valence-electron chi connectivity index (χ2n) is 1.97. The molecule has 62 valence electrons. The quantitative estimate of drug-likeness (QED) is 0.863. The molecule has 0 fully saturated rings. The van der Waals surface area contributed by atoms with Crippen LogP contribution in [0.3, 0.4) is 0 Å². The lowest BCUT2D eigenvalue weighted by molar-refractivity contribution is -0.370. The largest absolute Gasteiger partial charge is 0.356 e. The zero-order chi connectivity index (χ0) is 8.43. The van der Waals surface area contributed by atoms with Gasteiger partial charge in [0, 0.05) is 0 Å². The summed E-state index contributed by atoms with van der Waals surface area (Å²) in [6.07, 6.45) is 0. The van der Waals surface area contributed by atoms with E-state index in [1.54, 1.807) is 0 Å². The van der Waals surface area contributed by atoms with Gasteiger partial charge in [-0.05, 0) is 47.8 Å². The lowest BCUT2D eigenvalue weighted by Gasteiger charge is -1.96. The molecule has 3 N–H and O–H groups in total. The molecular formula is C5H7Br3N3+. The van der Waals surface area contributed by atoms with E-state index in [2.05, 4.69) is 58.6 Å². The number of hydrogen-bond donors (Lipinski definition) is 1. The minimum Gasteiger partial charge on any atom is -0.356 e. The Morgan fingerprint density at radius 2 is 2.00 bits per heavy atom. The van der Waals surface area contributed by atoms with Crippen LogP contribution in [0.4, 0.5) is 0 Å². The molecule has 6 heteroatoms. The topological polar surface area (TPSA) is 45.5 Å². The minimum atomic E-state index is 0.817. The van der Waals surface area contributed by atoms with Gasteiger partial charge in [0.2, 0.25) is 0 Å². The Hall–Kier alpha value is 0.610. The third kappa shape index (κ3) is 2.05. The molecule has 0 aromatic carbocycles. The minimum absolute atomic E-state index is 0.817. The summed E-state index contributed by atoms with van der Waals surface area (Å²) in [5.74, 6) is 0. The molecule has 0 radical (unpaired) electrons. The first-order chi connectivity index (χ1) is 5.16. The van der Waals surface area contributed by atoms with Crippen molar-refractivity contribution in [2.75, 3.05) is 6.54 Å². The Bertz CT molecular complexity index is 258. The van der Waals surface area contributed by atoms with Crippen molar-refractivity contribution in [2.45, 2.75) is 6.54 Å². The summed E-state index contributed by atoms with van der Waals surface area (Å²) < 4.78 is 4.57. The molecule has 11 heavy (non-hydrogen) atoms. The molecule has 0 aliphatic carbocycles. The van der Waals surface area contributed by atoms with Gasteiger partial charge in [-0.15, -0.1) is 0 Å². The van der Waals surface area contributed by atoms with Crippen LogP contribution in [-0.2, 0) is 6.54 Å². The van der Waals surface area contributed by atoms with Crippen LogP contribution in [0, 0.1) is 0 Å². The molecule has 0 aliphatic heterocycles. The molecule has 0 saturated carbocycles. The van der Waals surface area contributed by atoms with Crippen LogP contribution in [0.25, 0.3) is 0 Å². The fourth-order valence-corrected chi connectivity index (χ4v) is 2.06. The molecule has 0 aliphatic rings. The summed E-state index contributed by atoms with van der Waals surface area (Å²) in [7, 11) is 0. The van der Waals surface area contributed by atoms with E-state index in [1.807, 2.05) is 4.68 Å². The average Bonchev–Trinajstić information content (AvgIpc) is 2.19. The van der Waals surface area contributed by atoms with Crippen molar-refractivity contribution in [1.29, 1.82) is 0 Å². The van der Waals surface area contributed by atoms with Gasteiger partial charge in [-0.3, -0.25) is 4.68 Å². The Morgan fingerprint density at radius 1 is 1.36 bits per heavy atom. The van der Waals surface area contributed by atoms with Gasteiger partial charge in [0.15, 0.2) is 0 Å². The monoisotopic (exact) mass is 346 g/mol. The summed E-state index contributed by atoms with van der Waals surface area (Å²) in [5.41, 5.74) is 3.75. The van der Waals surface area contributed by atoms with Crippen molar-refractivity contribution in [3.05, 3.63) is 13.7 Å². The number of hydrogen-bond acceptors (Lipinski definition) is 1. The highest BCUT2D eigenvalue weighted by Crippen LogP contribution is 2.29. The van der Waals surface area contributed by atoms with E-state index < -0.39 is 0 Å². The number of nitrogens with zero attached hydrogens (tertiary/aromatic N) is 2. The average molecular weight is 349 g/mol. The van der Waals surface area contributed by atoms with Crippen molar-refractivity contribution in [1.82, 2.24) is 9.78 Å². The molecule has 0 saturated heterocycles. The molecule has 1 rings (SSSR count). The fraction of sp³-hybridized carbons (Fsp3) is 0.400. The van der Waals surface area contributed by atoms with E-state index in [9.17, 15) is 0 Å². The van der Waals surface area contributed by atoms with Crippen molar-refractivity contribution in [2.24, 2.45) is 0 Å². The second-order valence-corrected chi connectivity index (χ2v) is 4.27. The summed E-state index contributed by atoms with van der Waals surface area (Å²) in [6.45, 7) is 1.66. The number of halogens is 3. The van der Waals surface area contributed by atoms with E-state index in [-0.39, 0.29) is 0 Å². The van der Waals surface area contributed by atoms with Crippen LogP contribution in [0.15, 0.2) is 13.7 Å². The highest BCUT2D eigenvalue weighted by atomic mass is 79.9. The lowest BCUT2D eigenvalue weighted by atomic mass is 10.6. The zero-order valence-electron chi connectivity index (χ0n) is 5.65. The highest BCUT2D eigenvalue weighted by molar-refractivity contribution is 9.14. The van der Waals surface area contributed by atoms with E-state index in [1.165, 1.54) is 0 Å². The SMILES string of the molecule is [NH3+]CCn1nc(Br)c(Br)c1Br. The molecule has 1 heterocycles. The summed E-state index contributed by atoms with van der Waals surface area (Å²) in [5, 5.41) is 4.20.